The van der Waals surface area contributed by atoms with Crippen LogP contribution in [0.3, 0.4) is 0 Å². The third kappa shape index (κ3) is 2.54. The summed E-state index contributed by atoms with van der Waals surface area (Å²) in [5.41, 5.74) is 5.36. The normalized spacial score (nSPS) is 15.2. The molecule has 1 rings (SSSR count). The van der Waals surface area contributed by atoms with Crippen molar-refractivity contribution in [3.63, 3.8) is 0 Å². The van der Waals surface area contributed by atoms with E-state index in [1.54, 1.807) is 13.8 Å². The number of aliphatic hydroxyl groups excluding tert-OH is 1. The van der Waals surface area contributed by atoms with E-state index in [0.29, 0.717) is 12.1 Å². The summed E-state index contributed by atoms with van der Waals surface area (Å²) >= 11 is 0. The van der Waals surface area contributed by atoms with Crippen LogP contribution in [0, 0.1) is 23.4 Å². The van der Waals surface area contributed by atoms with E-state index in [-0.39, 0.29) is 11.5 Å². The fraction of sp³-hybridized carbons (Fsp3) is 0.455. The number of aliphatic hydroxyl groups is 1. The van der Waals surface area contributed by atoms with Gasteiger partial charge >= 0.3 is 0 Å². The Labute approximate surface area is 91.9 Å². The Morgan fingerprint density at radius 3 is 2.06 bits per heavy atom. The number of benzene rings is 1. The lowest BCUT2D eigenvalue weighted by molar-refractivity contribution is 0.0964. The minimum Gasteiger partial charge on any atom is -0.391 e. The van der Waals surface area contributed by atoms with Gasteiger partial charge in [0.2, 0.25) is 0 Å². The van der Waals surface area contributed by atoms with E-state index in [0.717, 1.165) is 0 Å². The first-order chi connectivity index (χ1) is 7.34. The fourth-order valence-electron chi connectivity index (χ4n) is 1.39. The molecule has 0 aliphatic rings. The Hall–Kier alpha value is -1.07. The van der Waals surface area contributed by atoms with Gasteiger partial charge in [-0.25, -0.2) is 13.2 Å². The van der Waals surface area contributed by atoms with Crippen molar-refractivity contribution in [1.82, 2.24) is 0 Å². The molecule has 0 radical (unpaired) electrons. The first-order valence-electron chi connectivity index (χ1n) is 4.92. The number of halogens is 3. The molecule has 0 unspecified atom stereocenters. The zero-order valence-electron chi connectivity index (χ0n) is 9.05. The Bertz CT molecular complexity index is 382. The molecular weight excluding hydrogens is 219 g/mol. The summed E-state index contributed by atoms with van der Waals surface area (Å²) < 4.78 is 38.9. The van der Waals surface area contributed by atoms with Gasteiger partial charge in [-0.15, -0.1) is 0 Å². The number of rotatable bonds is 3. The Balaban J connectivity index is 3.08. The van der Waals surface area contributed by atoms with Crippen molar-refractivity contribution in [2.75, 3.05) is 0 Å². The Kier molecular flexibility index (Phi) is 3.93. The SMILES string of the molecule is CC(C)[C@H](O)[C@H](N)c1cc(F)c(F)cc1F. The molecular formula is C11H14F3NO. The Morgan fingerprint density at radius 1 is 1.06 bits per heavy atom. The van der Waals surface area contributed by atoms with Crippen LogP contribution in [0.5, 0.6) is 0 Å². The predicted octanol–water partition coefficient (Wildman–Crippen LogP) is 2.12. The maximum Gasteiger partial charge on any atom is 0.161 e. The number of hydrogen-bond acceptors (Lipinski definition) is 2. The van der Waals surface area contributed by atoms with E-state index in [2.05, 4.69) is 0 Å². The number of nitrogens with two attached hydrogens (primary N) is 1. The van der Waals surface area contributed by atoms with Crippen LogP contribution in [0.15, 0.2) is 12.1 Å². The van der Waals surface area contributed by atoms with Gasteiger partial charge in [-0.05, 0) is 12.0 Å². The summed E-state index contributed by atoms with van der Waals surface area (Å²) in [7, 11) is 0. The molecule has 0 saturated heterocycles. The van der Waals surface area contributed by atoms with Gasteiger partial charge in [0.05, 0.1) is 12.1 Å². The second-order valence-electron chi connectivity index (χ2n) is 4.05. The highest BCUT2D eigenvalue weighted by Gasteiger charge is 2.24. The third-order valence-corrected chi connectivity index (χ3v) is 2.45. The van der Waals surface area contributed by atoms with Crippen LogP contribution >= 0.6 is 0 Å². The van der Waals surface area contributed by atoms with Gasteiger partial charge in [-0.3, -0.25) is 0 Å². The summed E-state index contributed by atoms with van der Waals surface area (Å²) in [6, 6.07) is 0.0356. The minimum atomic E-state index is -1.27. The second-order valence-corrected chi connectivity index (χ2v) is 4.05. The van der Waals surface area contributed by atoms with Gasteiger partial charge in [-0.2, -0.15) is 0 Å². The van der Waals surface area contributed by atoms with Crippen LogP contribution in [0.4, 0.5) is 13.2 Å². The third-order valence-electron chi connectivity index (χ3n) is 2.45. The highest BCUT2D eigenvalue weighted by molar-refractivity contribution is 5.24. The first-order valence-corrected chi connectivity index (χ1v) is 4.92. The van der Waals surface area contributed by atoms with Crippen molar-refractivity contribution in [3.05, 3.63) is 35.1 Å². The van der Waals surface area contributed by atoms with E-state index < -0.39 is 29.6 Å². The molecule has 2 atom stereocenters. The van der Waals surface area contributed by atoms with Crippen molar-refractivity contribution in [2.45, 2.75) is 26.0 Å². The molecule has 3 N–H and O–H groups in total. The summed E-state index contributed by atoms with van der Waals surface area (Å²) in [6.07, 6.45) is -1.01. The Morgan fingerprint density at radius 2 is 1.56 bits per heavy atom. The van der Waals surface area contributed by atoms with Gasteiger partial charge in [-0.1, -0.05) is 13.8 Å². The fourth-order valence-corrected chi connectivity index (χ4v) is 1.39. The van der Waals surface area contributed by atoms with Crippen molar-refractivity contribution in [3.8, 4) is 0 Å². The molecule has 0 fully saturated rings. The van der Waals surface area contributed by atoms with Crippen LogP contribution in [-0.2, 0) is 0 Å². The zero-order chi connectivity index (χ0) is 12.5. The van der Waals surface area contributed by atoms with E-state index in [9.17, 15) is 18.3 Å². The summed E-state index contributed by atoms with van der Waals surface area (Å²) in [5, 5.41) is 9.63. The molecule has 90 valence electrons. The molecule has 0 heterocycles. The van der Waals surface area contributed by atoms with Crippen LogP contribution in [0.1, 0.15) is 25.5 Å². The van der Waals surface area contributed by atoms with Crippen molar-refractivity contribution in [1.29, 1.82) is 0 Å². The molecule has 0 aliphatic heterocycles. The van der Waals surface area contributed by atoms with E-state index in [4.69, 9.17) is 5.73 Å². The average molecular weight is 233 g/mol. The van der Waals surface area contributed by atoms with E-state index in [1.807, 2.05) is 0 Å². The second kappa shape index (κ2) is 4.84. The summed E-state index contributed by atoms with van der Waals surface area (Å²) in [6.45, 7) is 3.39. The van der Waals surface area contributed by atoms with E-state index in [1.165, 1.54) is 0 Å². The largest absolute Gasteiger partial charge is 0.391 e. The van der Waals surface area contributed by atoms with Crippen molar-refractivity contribution in [2.24, 2.45) is 11.7 Å². The predicted molar refractivity (Wildman–Crippen MR) is 54.1 cm³/mol. The maximum absolute atomic E-state index is 13.3. The van der Waals surface area contributed by atoms with Crippen molar-refractivity contribution >= 4 is 0 Å². The van der Waals surface area contributed by atoms with Gasteiger partial charge in [0.1, 0.15) is 5.82 Å². The summed E-state index contributed by atoms with van der Waals surface area (Å²) in [5.74, 6) is -3.61. The van der Waals surface area contributed by atoms with Gasteiger partial charge in [0.15, 0.2) is 11.6 Å². The molecule has 16 heavy (non-hydrogen) atoms. The highest BCUT2D eigenvalue weighted by Crippen LogP contribution is 2.24. The lowest BCUT2D eigenvalue weighted by atomic mass is 9.94. The van der Waals surface area contributed by atoms with Crippen LogP contribution < -0.4 is 5.73 Å². The molecule has 0 aromatic heterocycles. The summed E-state index contributed by atoms with van der Waals surface area (Å²) in [4.78, 5) is 0. The average Bonchev–Trinajstić information content (AvgIpc) is 2.21. The molecule has 5 heteroatoms. The van der Waals surface area contributed by atoms with Crippen LogP contribution in [0.25, 0.3) is 0 Å². The smallest absolute Gasteiger partial charge is 0.161 e. The van der Waals surface area contributed by atoms with Crippen LogP contribution in [0.2, 0.25) is 0 Å². The monoisotopic (exact) mass is 233 g/mol. The van der Waals surface area contributed by atoms with Gasteiger partial charge < -0.3 is 10.8 Å². The first kappa shape index (κ1) is 13.0. The zero-order valence-corrected chi connectivity index (χ0v) is 9.05. The highest BCUT2D eigenvalue weighted by atomic mass is 19.2. The number of hydrogen-bond donors (Lipinski definition) is 2. The maximum atomic E-state index is 13.3. The minimum absolute atomic E-state index is 0.206. The molecule has 2 nitrogen and oxygen atoms in total. The molecule has 0 saturated carbocycles. The lowest BCUT2D eigenvalue weighted by Crippen LogP contribution is -2.31. The van der Waals surface area contributed by atoms with Crippen molar-refractivity contribution < 1.29 is 18.3 Å². The molecule has 1 aromatic carbocycles. The molecule has 1 aromatic rings. The lowest BCUT2D eigenvalue weighted by Gasteiger charge is -2.22. The van der Waals surface area contributed by atoms with E-state index >= 15 is 0 Å². The van der Waals surface area contributed by atoms with Gasteiger partial charge in [0.25, 0.3) is 0 Å². The topological polar surface area (TPSA) is 46.2 Å². The molecule has 0 aliphatic carbocycles. The van der Waals surface area contributed by atoms with Gasteiger partial charge in [0, 0.05) is 11.6 Å². The molecule has 0 spiro atoms. The molecule has 0 amide bonds. The molecule has 0 bridgehead atoms. The van der Waals surface area contributed by atoms with Crippen LogP contribution in [-0.4, -0.2) is 11.2 Å². The standard InChI is InChI=1S/C11H14F3NO/c1-5(2)11(16)10(15)6-3-8(13)9(14)4-7(6)12/h3-5,10-11,16H,15H2,1-2H3/t10-,11+/m1/s1. The quantitative estimate of drug-likeness (QED) is 0.785.